The maximum absolute atomic E-state index is 12.0. The Balaban J connectivity index is 1.87. The smallest absolute Gasteiger partial charge is 0.251 e. The first-order valence-electron chi connectivity index (χ1n) is 7.56. The van der Waals surface area contributed by atoms with Crippen LogP contribution in [-0.2, 0) is 4.79 Å². The predicted molar refractivity (Wildman–Crippen MR) is 97.5 cm³/mol. The highest BCUT2D eigenvalue weighted by molar-refractivity contribution is 9.10. The molecule has 2 aromatic rings. The zero-order valence-electron chi connectivity index (χ0n) is 13.6. The largest absolute Gasteiger partial charge is 0.494 e. The first kappa shape index (κ1) is 18.0. The van der Waals surface area contributed by atoms with E-state index < -0.39 is 0 Å². The molecule has 2 rings (SSSR count). The van der Waals surface area contributed by atoms with Gasteiger partial charge < -0.3 is 15.4 Å². The number of ether oxygens (including phenoxy) is 1. The van der Waals surface area contributed by atoms with Crippen molar-refractivity contribution in [2.75, 3.05) is 18.5 Å². The number of benzene rings is 2. The van der Waals surface area contributed by atoms with E-state index in [0.717, 1.165) is 15.7 Å². The first-order chi connectivity index (χ1) is 11.5. The zero-order valence-corrected chi connectivity index (χ0v) is 15.1. The maximum atomic E-state index is 12.0. The van der Waals surface area contributed by atoms with Crippen LogP contribution in [0.25, 0.3) is 0 Å². The molecule has 0 saturated carbocycles. The minimum absolute atomic E-state index is 0.0957. The molecule has 2 amide bonds. The number of rotatable bonds is 6. The molecule has 0 unspecified atom stereocenters. The minimum atomic E-state index is -0.305. The average Bonchev–Trinajstić information content (AvgIpc) is 2.56. The summed E-state index contributed by atoms with van der Waals surface area (Å²) in [7, 11) is 0. The van der Waals surface area contributed by atoms with Crippen molar-refractivity contribution in [1.29, 1.82) is 0 Å². The number of hydrogen-bond acceptors (Lipinski definition) is 3. The van der Waals surface area contributed by atoms with E-state index in [1.54, 1.807) is 24.3 Å². The van der Waals surface area contributed by atoms with Crippen molar-refractivity contribution >= 4 is 33.4 Å². The Morgan fingerprint density at radius 3 is 2.46 bits per heavy atom. The maximum Gasteiger partial charge on any atom is 0.251 e. The van der Waals surface area contributed by atoms with Gasteiger partial charge in [0, 0.05) is 15.7 Å². The van der Waals surface area contributed by atoms with Crippen LogP contribution in [-0.4, -0.2) is 25.0 Å². The second-order valence-corrected chi connectivity index (χ2v) is 6.06. The van der Waals surface area contributed by atoms with Gasteiger partial charge in [-0.1, -0.05) is 15.9 Å². The highest BCUT2D eigenvalue weighted by Crippen LogP contribution is 2.19. The quantitative estimate of drug-likeness (QED) is 0.792. The normalized spacial score (nSPS) is 10.1. The van der Waals surface area contributed by atoms with E-state index in [-0.39, 0.29) is 18.4 Å². The molecule has 126 valence electrons. The number of amides is 2. The lowest BCUT2D eigenvalue weighted by Crippen LogP contribution is -2.32. The fourth-order valence-corrected chi connectivity index (χ4v) is 2.57. The van der Waals surface area contributed by atoms with E-state index >= 15 is 0 Å². The molecular weight excluding hydrogens is 372 g/mol. The summed E-state index contributed by atoms with van der Waals surface area (Å²) >= 11 is 3.37. The third-order valence-electron chi connectivity index (χ3n) is 3.30. The van der Waals surface area contributed by atoms with Gasteiger partial charge in [0.1, 0.15) is 5.75 Å². The summed E-state index contributed by atoms with van der Waals surface area (Å²) in [5.74, 6) is 0.123. The predicted octanol–water partition coefficient (Wildman–Crippen LogP) is 3.52. The van der Waals surface area contributed by atoms with Crippen molar-refractivity contribution in [3.8, 4) is 5.75 Å². The van der Waals surface area contributed by atoms with Gasteiger partial charge in [0.25, 0.3) is 5.91 Å². The lowest BCUT2D eigenvalue weighted by Gasteiger charge is -2.10. The van der Waals surface area contributed by atoms with Crippen LogP contribution in [0.1, 0.15) is 22.8 Å². The molecule has 0 spiro atoms. The van der Waals surface area contributed by atoms with Crippen LogP contribution in [0.5, 0.6) is 5.75 Å². The van der Waals surface area contributed by atoms with Crippen molar-refractivity contribution in [3.05, 3.63) is 58.1 Å². The third-order valence-corrected chi connectivity index (χ3v) is 3.79. The molecule has 0 aliphatic rings. The molecule has 2 aromatic carbocycles. The Labute approximate surface area is 149 Å². The molecule has 0 fully saturated rings. The van der Waals surface area contributed by atoms with E-state index in [0.29, 0.717) is 17.9 Å². The Bertz CT molecular complexity index is 730. The molecule has 0 aliphatic carbocycles. The van der Waals surface area contributed by atoms with Gasteiger partial charge in [-0.2, -0.15) is 0 Å². The van der Waals surface area contributed by atoms with Gasteiger partial charge in [0.2, 0.25) is 5.91 Å². The molecule has 2 N–H and O–H groups in total. The molecule has 0 radical (unpaired) electrons. The Morgan fingerprint density at radius 1 is 1.12 bits per heavy atom. The molecule has 6 heteroatoms. The fourth-order valence-electron chi connectivity index (χ4n) is 2.09. The molecule has 0 bridgehead atoms. The van der Waals surface area contributed by atoms with E-state index in [1.165, 1.54) is 0 Å². The van der Waals surface area contributed by atoms with Crippen molar-refractivity contribution < 1.29 is 14.3 Å². The lowest BCUT2D eigenvalue weighted by atomic mass is 10.2. The van der Waals surface area contributed by atoms with Gasteiger partial charge in [-0.05, 0) is 61.9 Å². The molecule has 0 heterocycles. The van der Waals surface area contributed by atoms with Crippen molar-refractivity contribution in [2.45, 2.75) is 13.8 Å². The van der Waals surface area contributed by atoms with E-state index in [1.807, 2.05) is 32.0 Å². The Morgan fingerprint density at radius 2 is 1.83 bits per heavy atom. The van der Waals surface area contributed by atoms with Crippen molar-refractivity contribution in [3.63, 3.8) is 0 Å². The van der Waals surface area contributed by atoms with Gasteiger partial charge in [0.05, 0.1) is 13.2 Å². The van der Waals surface area contributed by atoms with Crippen LogP contribution in [0.2, 0.25) is 0 Å². The number of aryl methyl sites for hydroxylation is 1. The monoisotopic (exact) mass is 390 g/mol. The number of carbonyl (C=O) groups excluding carboxylic acids is 2. The van der Waals surface area contributed by atoms with Crippen molar-refractivity contribution in [2.24, 2.45) is 0 Å². The number of hydrogen-bond donors (Lipinski definition) is 2. The zero-order chi connectivity index (χ0) is 17.5. The van der Waals surface area contributed by atoms with E-state index in [9.17, 15) is 9.59 Å². The molecule has 24 heavy (non-hydrogen) atoms. The third kappa shape index (κ3) is 5.09. The van der Waals surface area contributed by atoms with Gasteiger partial charge >= 0.3 is 0 Å². The second-order valence-electron chi connectivity index (χ2n) is 5.15. The fraction of sp³-hybridized carbons (Fsp3) is 0.222. The van der Waals surface area contributed by atoms with Crippen LogP contribution in [0.4, 0.5) is 5.69 Å². The van der Waals surface area contributed by atoms with Gasteiger partial charge in [0.15, 0.2) is 0 Å². The van der Waals surface area contributed by atoms with E-state index in [2.05, 4.69) is 26.6 Å². The summed E-state index contributed by atoms with van der Waals surface area (Å²) in [6.07, 6.45) is 0. The lowest BCUT2D eigenvalue weighted by molar-refractivity contribution is -0.115. The summed E-state index contributed by atoms with van der Waals surface area (Å²) in [5, 5.41) is 5.38. The molecule has 5 nitrogen and oxygen atoms in total. The van der Waals surface area contributed by atoms with Crippen LogP contribution in [0.15, 0.2) is 46.9 Å². The van der Waals surface area contributed by atoms with Crippen LogP contribution in [0, 0.1) is 6.92 Å². The van der Waals surface area contributed by atoms with E-state index in [4.69, 9.17) is 4.74 Å². The summed E-state index contributed by atoms with van der Waals surface area (Å²) in [6, 6.07) is 12.3. The van der Waals surface area contributed by atoms with Crippen molar-refractivity contribution in [1.82, 2.24) is 5.32 Å². The molecule has 0 aliphatic heterocycles. The minimum Gasteiger partial charge on any atom is -0.494 e. The molecular formula is C18H19BrN2O3. The van der Waals surface area contributed by atoms with Gasteiger partial charge in [-0.15, -0.1) is 0 Å². The van der Waals surface area contributed by atoms with Crippen LogP contribution in [0.3, 0.4) is 0 Å². The number of carbonyl (C=O) groups is 2. The molecule has 0 saturated heterocycles. The summed E-state index contributed by atoms with van der Waals surface area (Å²) < 4.78 is 6.27. The Hall–Kier alpha value is -2.34. The molecule has 0 aromatic heterocycles. The topological polar surface area (TPSA) is 67.4 Å². The summed E-state index contributed by atoms with van der Waals surface area (Å²) in [6.45, 7) is 4.27. The Kier molecular flexibility index (Phi) is 6.37. The first-order valence-corrected chi connectivity index (χ1v) is 8.36. The summed E-state index contributed by atoms with van der Waals surface area (Å²) in [5.41, 5.74) is 2.14. The standard InChI is InChI=1S/C18H19BrN2O3/c1-3-24-15-7-4-13(5-8-15)18(23)20-11-17(22)21-16-9-6-14(19)10-12(16)2/h4-10H,3,11H2,1-2H3,(H,20,23)(H,21,22). The average molecular weight is 391 g/mol. The summed E-state index contributed by atoms with van der Waals surface area (Å²) in [4.78, 5) is 24.0. The van der Waals surface area contributed by atoms with Gasteiger partial charge in [-0.3, -0.25) is 9.59 Å². The SMILES string of the molecule is CCOc1ccc(C(=O)NCC(=O)Nc2ccc(Br)cc2C)cc1. The van der Waals surface area contributed by atoms with Crippen LogP contribution >= 0.6 is 15.9 Å². The van der Waals surface area contributed by atoms with Gasteiger partial charge in [-0.25, -0.2) is 0 Å². The number of nitrogens with one attached hydrogen (secondary N) is 2. The van der Waals surface area contributed by atoms with Crippen LogP contribution < -0.4 is 15.4 Å². The second kappa shape index (κ2) is 8.49. The number of anilines is 1. The highest BCUT2D eigenvalue weighted by Gasteiger charge is 2.09. The number of halogens is 1. The molecule has 0 atom stereocenters. The highest BCUT2D eigenvalue weighted by atomic mass is 79.9.